The van der Waals surface area contributed by atoms with Crippen LogP contribution in [0.4, 0.5) is 5.82 Å². The Morgan fingerprint density at radius 3 is 2.32 bits per heavy atom. The second-order valence-electron chi connectivity index (χ2n) is 11.1. The monoisotopic (exact) mass is 591 g/mol. The fraction of sp³-hybridized carbons (Fsp3) is 0.394. The summed E-state index contributed by atoms with van der Waals surface area (Å²) >= 11 is 0. The van der Waals surface area contributed by atoms with Gasteiger partial charge in [0.25, 0.3) is 0 Å². The number of hydrogen-bond acceptors (Lipinski definition) is 9. The van der Waals surface area contributed by atoms with Gasteiger partial charge in [-0.15, -0.1) is 10.2 Å². The van der Waals surface area contributed by atoms with Gasteiger partial charge >= 0.3 is 0 Å². The topological polar surface area (TPSA) is 140 Å². The third kappa shape index (κ3) is 6.04. The molecular weight excluding hydrogens is 554 g/mol. The highest BCUT2D eigenvalue weighted by molar-refractivity contribution is 5.83. The van der Waals surface area contributed by atoms with Crippen molar-refractivity contribution >= 4 is 17.0 Å². The summed E-state index contributed by atoms with van der Waals surface area (Å²) in [5.41, 5.74) is 3.48. The summed E-state index contributed by atoms with van der Waals surface area (Å²) in [5.74, 6) is 7.94. The zero-order valence-corrected chi connectivity index (χ0v) is 25.0. The number of rotatable bonds is 10. The van der Waals surface area contributed by atoms with E-state index in [1.54, 1.807) is 6.33 Å². The Morgan fingerprint density at radius 1 is 0.955 bits per heavy atom. The van der Waals surface area contributed by atoms with E-state index < -0.39 is 24.3 Å². The molecule has 0 spiro atoms. The molecule has 0 bridgehead atoms. The van der Waals surface area contributed by atoms with Gasteiger partial charge in [-0.3, -0.25) is 0 Å². The number of aliphatic hydroxyl groups is 2. The van der Waals surface area contributed by atoms with Crippen LogP contribution in [0.2, 0.25) is 0 Å². The van der Waals surface area contributed by atoms with Crippen molar-refractivity contribution in [3.8, 4) is 11.8 Å². The van der Waals surface area contributed by atoms with Crippen molar-refractivity contribution in [1.82, 2.24) is 39.7 Å². The molecule has 2 aromatic carbocycles. The number of benzene rings is 2. The minimum absolute atomic E-state index is 0.0688. The second kappa shape index (κ2) is 13.3. The van der Waals surface area contributed by atoms with Gasteiger partial charge in [0, 0.05) is 25.3 Å². The minimum atomic E-state index is -1.08. The average Bonchev–Trinajstić information content (AvgIpc) is 3.78. The molecule has 0 unspecified atom stereocenters. The van der Waals surface area contributed by atoms with Crippen LogP contribution >= 0.6 is 0 Å². The number of aromatic nitrogens is 8. The maximum atomic E-state index is 11.2. The molecule has 0 saturated heterocycles. The molecule has 3 heterocycles. The molecule has 44 heavy (non-hydrogen) atoms. The molecule has 4 atom stereocenters. The lowest BCUT2D eigenvalue weighted by Crippen LogP contribution is -2.31. The number of nitrogens with one attached hydrogen (secondary N) is 1. The van der Waals surface area contributed by atoms with Gasteiger partial charge in [-0.05, 0) is 35.1 Å². The number of fused-ring (bicyclic) bond motifs is 1. The van der Waals surface area contributed by atoms with Crippen LogP contribution in [0, 0.1) is 11.8 Å². The normalized spacial score (nSPS) is 19.8. The number of anilines is 1. The number of hydrogen-bond donors (Lipinski definition) is 3. The molecule has 3 aromatic heterocycles. The fourth-order valence-electron chi connectivity index (χ4n) is 5.77. The number of aliphatic hydroxyl groups excluding tert-OH is 2. The number of imidazole rings is 1. The molecule has 5 aromatic rings. The van der Waals surface area contributed by atoms with E-state index in [0.29, 0.717) is 48.0 Å². The Bertz CT molecular complexity index is 1700. The van der Waals surface area contributed by atoms with Gasteiger partial charge in [-0.1, -0.05) is 86.9 Å². The van der Waals surface area contributed by atoms with Gasteiger partial charge < -0.3 is 20.1 Å². The van der Waals surface area contributed by atoms with Crippen LogP contribution in [-0.2, 0) is 6.42 Å². The zero-order chi connectivity index (χ0) is 30.5. The van der Waals surface area contributed by atoms with E-state index in [1.807, 2.05) is 47.9 Å². The molecule has 0 amide bonds. The number of nitrogens with zero attached hydrogens (tertiary/aromatic N) is 8. The van der Waals surface area contributed by atoms with Crippen molar-refractivity contribution in [3.05, 3.63) is 89.8 Å². The predicted octanol–water partition coefficient (Wildman–Crippen LogP) is 4.07. The van der Waals surface area contributed by atoms with Crippen molar-refractivity contribution in [3.63, 3.8) is 0 Å². The maximum Gasteiger partial charge on any atom is 0.208 e. The molecule has 226 valence electrons. The van der Waals surface area contributed by atoms with E-state index in [4.69, 9.17) is 15.0 Å². The van der Waals surface area contributed by atoms with Gasteiger partial charge in [0.15, 0.2) is 22.8 Å². The molecule has 1 fully saturated rings. The largest absolute Gasteiger partial charge is 0.388 e. The number of aryl methyl sites for hydroxylation is 1. The van der Waals surface area contributed by atoms with E-state index >= 15 is 0 Å². The first-order valence-corrected chi connectivity index (χ1v) is 15.3. The molecule has 3 N–H and O–H groups in total. The summed E-state index contributed by atoms with van der Waals surface area (Å²) in [4.78, 5) is 15.7. The second-order valence-corrected chi connectivity index (χ2v) is 11.1. The highest BCUT2D eigenvalue weighted by Crippen LogP contribution is 2.39. The molecule has 0 aliphatic heterocycles. The molecule has 1 aliphatic carbocycles. The van der Waals surface area contributed by atoms with E-state index in [-0.39, 0.29) is 5.92 Å². The molecule has 0 radical (unpaired) electrons. The average molecular weight is 592 g/mol. The quantitative estimate of drug-likeness (QED) is 0.162. The lowest BCUT2D eigenvalue weighted by Gasteiger charge is -2.20. The van der Waals surface area contributed by atoms with Gasteiger partial charge in [0.2, 0.25) is 5.82 Å². The number of unbranched alkanes of at least 4 members (excludes halogenated alkanes) is 2. The van der Waals surface area contributed by atoms with Crippen molar-refractivity contribution < 1.29 is 10.2 Å². The summed E-state index contributed by atoms with van der Waals surface area (Å²) < 4.78 is 1.82. The minimum Gasteiger partial charge on any atom is -0.388 e. The molecule has 6 rings (SSSR count). The van der Waals surface area contributed by atoms with Crippen LogP contribution in [-0.4, -0.2) is 68.7 Å². The van der Waals surface area contributed by atoms with Gasteiger partial charge in [0.1, 0.15) is 18.2 Å². The van der Waals surface area contributed by atoms with Crippen LogP contribution in [0.3, 0.4) is 0 Å². The first kappa shape index (κ1) is 29.4. The van der Waals surface area contributed by atoms with Gasteiger partial charge in [-0.2, -0.15) is 4.80 Å². The molecular formula is C33H37N9O2. The van der Waals surface area contributed by atoms with Gasteiger partial charge in [-0.25, -0.2) is 15.0 Å². The van der Waals surface area contributed by atoms with Crippen LogP contribution < -0.4 is 5.32 Å². The van der Waals surface area contributed by atoms with E-state index in [2.05, 4.69) is 63.8 Å². The molecule has 11 nitrogen and oxygen atoms in total. The first-order valence-electron chi connectivity index (χ1n) is 15.3. The Balaban J connectivity index is 1.35. The van der Waals surface area contributed by atoms with E-state index in [1.165, 1.54) is 15.9 Å². The summed E-state index contributed by atoms with van der Waals surface area (Å²) in [6.07, 6.45) is 3.30. The zero-order valence-electron chi connectivity index (χ0n) is 25.0. The fourth-order valence-corrected chi connectivity index (χ4v) is 5.77. The van der Waals surface area contributed by atoms with Crippen molar-refractivity contribution in [2.75, 3.05) is 11.9 Å². The van der Waals surface area contributed by atoms with Crippen LogP contribution in [0.5, 0.6) is 0 Å². The van der Waals surface area contributed by atoms with Crippen LogP contribution in [0.1, 0.15) is 80.3 Å². The van der Waals surface area contributed by atoms with Crippen LogP contribution in [0.25, 0.3) is 11.2 Å². The number of tetrazole rings is 1. The summed E-state index contributed by atoms with van der Waals surface area (Å²) in [6.45, 7) is 4.64. The van der Waals surface area contributed by atoms with Crippen molar-refractivity contribution in [2.24, 2.45) is 0 Å². The maximum absolute atomic E-state index is 11.2. The highest BCUT2D eigenvalue weighted by Gasteiger charge is 2.45. The molecule has 1 aliphatic rings. The lowest BCUT2D eigenvalue weighted by atomic mass is 9.91. The smallest absolute Gasteiger partial charge is 0.208 e. The Morgan fingerprint density at radius 2 is 1.66 bits per heavy atom. The van der Waals surface area contributed by atoms with Gasteiger partial charge in [0.05, 0.1) is 12.4 Å². The highest BCUT2D eigenvalue weighted by atomic mass is 16.3. The lowest BCUT2D eigenvalue weighted by molar-refractivity contribution is 0.00473. The third-order valence-electron chi connectivity index (χ3n) is 8.22. The predicted molar refractivity (Wildman–Crippen MR) is 167 cm³/mol. The summed E-state index contributed by atoms with van der Waals surface area (Å²) in [6, 6.07) is 19.7. The molecule has 11 heteroatoms. The summed E-state index contributed by atoms with van der Waals surface area (Å²) in [5, 5.41) is 38.3. The van der Waals surface area contributed by atoms with Crippen LogP contribution in [0.15, 0.2) is 67.0 Å². The SMILES string of the molecule is CCCCC#Cc1nc(NCC(c2ccccc2)c2ccccc2)c2ncn([C@H]3C[C@H](n4nnc(CC)n4)[C@H](O)[C@H]3O)c2n1. The van der Waals surface area contributed by atoms with Crippen molar-refractivity contribution in [2.45, 2.75) is 76.2 Å². The third-order valence-corrected chi connectivity index (χ3v) is 8.22. The Hall–Kier alpha value is -4.66. The first-order chi connectivity index (χ1) is 21.6. The van der Waals surface area contributed by atoms with E-state index in [9.17, 15) is 10.2 Å². The Labute approximate surface area is 256 Å². The molecule has 1 saturated carbocycles. The van der Waals surface area contributed by atoms with Crippen molar-refractivity contribution in [1.29, 1.82) is 0 Å². The van der Waals surface area contributed by atoms with E-state index in [0.717, 1.165) is 19.3 Å². The summed E-state index contributed by atoms with van der Waals surface area (Å²) in [7, 11) is 0. The standard InChI is InChI=1S/C33H37N9O2/c1-3-5-6-13-18-28-36-32(34-20-24(22-14-9-7-10-15-22)23-16-11-8-12-17-23)29-33(37-28)41(21-35-29)25-19-26(31(44)30(25)43)42-39-27(4-2)38-40-42/h7-12,14-17,21,24-26,30-31,43-44H,3-6,19-20H2,1-2H3,(H,34,36,37)/t25-,26-,30-,31-/m0/s1. The Kier molecular flexibility index (Phi) is 8.91.